The van der Waals surface area contributed by atoms with Crippen LogP contribution in [0.5, 0.6) is 11.5 Å². The van der Waals surface area contributed by atoms with Crippen LogP contribution >= 0.6 is 0 Å². The van der Waals surface area contributed by atoms with Crippen LogP contribution in [0.25, 0.3) is 0 Å². The maximum atomic E-state index is 12.3. The summed E-state index contributed by atoms with van der Waals surface area (Å²) in [4.78, 5) is 16.7. The Labute approximate surface area is 136 Å². The van der Waals surface area contributed by atoms with Crippen LogP contribution in [0.15, 0.2) is 42.6 Å². The molecular weight excluding hydrogens is 292 g/mol. The number of carbonyl (C=O) groups excluding carboxylic acids is 1. The summed E-state index contributed by atoms with van der Waals surface area (Å²) in [6.45, 7) is 3.86. The Morgan fingerprint density at radius 1 is 1.13 bits per heavy atom. The number of carbonyl (C=O) groups is 1. The van der Waals surface area contributed by atoms with Gasteiger partial charge in [0.2, 0.25) is 5.91 Å². The van der Waals surface area contributed by atoms with Crippen molar-refractivity contribution in [2.24, 2.45) is 0 Å². The van der Waals surface area contributed by atoms with Crippen LogP contribution < -0.4 is 14.8 Å². The van der Waals surface area contributed by atoms with Crippen LogP contribution in [0.4, 0.5) is 0 Å². The Morgan fingerprint density at radius 3 is 2.48 bits per heavy atom. The van der Waals surface area contributed by atoms with Gasteiger partial charge in [-0.15, -0.1) is 0 Å². The standard InChI is InChI=1S/C18H22N2O3/c1-18(2,16-7-5-6-10-19-16)20-17(21)12-13-8-9-14(22-3)15(11-13)23-4/h5-11H,12H2,1-4H3,(H,20,21). The summed E-state index contributed by atoms with van der Waals surface area (Å²) in [5, 5.41) is 3.01. The minimum absolute atomic E-state index is 0.0760. The molecule has 1 N–H and O–H groups in total. The van der Waals surface area contributed by atoms with Gasteiger partial charge in [0, 0.05) is 6.20 Å². The second-order valence-electron chi connectivity index (χ2n) is 5.75. The average molecular weight is 314 g/mol. The lowest BCUT2D eigenvalue weighted by Gasteiger charge is -2.25. The number of ether oxygens (including phenoxy) is 2. The third kappa shape index (κ3) is 4.22. The highest BCUT2D eigenvalue weighted by Crippen LogP contribution is 2.27. The Hall–Kier alpha value is -2.56. The first-order valence-electron chi connectivity index (χ1n) is 7.39. The molecular formula is C18H22N2O3. The van der Waals surface area contributed by atoms with E-state index < -0.39 is 5.54 Å². The first-order valence-corrected chi connectivity index (χ1v) is 7.39. The summed E-state index contributed by atoms with van der Waals surface area (Å²) in [5.41, 5.74) is 1.15. The van der Waals surface area contributed by atoms with Crippen molar-refractivity contribution in [3.05, 3.63) is 53.9 Å². The number of aromatic nitrogens is 1. The van der Waals surface area contributed by atoms with Gasteiger partial charge in [-0.25, -0.2) is 0 Å². The van der Waals surface area contributed by atoms with Crippen molar-refractivity contribution in [2.45, 2.75) is 25.8 Å². The summed E-state index contributed by atoms with van der Waals surface area (Å²) < 4.78 is 10.5. The summed E-state index contributed by atoms with van der Waals surface area (Å²) in [7, 11) is 3.16. The van der Waals surface area contributed by atoms with E-state index in [4.69, 9.17) is 9.47 Å². The number of methoxy groups -OCH3 is 2. The molecule has 1 aromatic heterocycles. The minimum Gasteiger partial charge on any atom is -0.493 e. The van der Waals surface area contributed by atoms with Gasteiger partial charge in [0.1, 0.15) is 0 Å². The highest BCUT2D eigenvalue weighted by atomic mass is 16.5. The molecule has 5 nitrogen and oxygen atoms in total. The van der Waals surface area contributed by atoms with E-state index in [0.717, 1.165) is 11.3 Å². The zero-order valence-electron chi connectivity index (χ0n) is 13.9. The molecule has 2 aromatic rings. The highest BCUT2D eigenvalue weighted by Gasteiger charge is 2.24. The number of pyridine rings is 1. The van der Waals surface area contributed by atoms with Crippen molar-refractivity contribution in [1.29, 1.82) is 0 Å². The molecule has 0 aliphatic heterocycles. The largest absolute Gasteiger partial charge is 0.493 e. The second kappa shape index (κ2) is 7.13. The summed E-state index contributed by atoms with van der Waals surface area (Å²) in [6, 6.07) is 11.1. The molecule has 0 fully saturated rings. The third-order valence-corrected chi connectivity index (χ3v) is 3.57. The van der Waals surface area contributed by atoms with Crippen molar-refractivity contribution in [3.8, 4) is 11.5 Å². The van der Waals surface area contributed by atoms with E-state index in [0.29, 0.717) is 11.5 Å². The number of rotatable bonds is 6. The Bertz CT molecular complexity index is 669. The molecule has 0 radical (unpaired) electrons. The molecule has 23 heavy (non-hydrogen) atoms. The molecule has 122 valence electrons. The SMILES string of the molecule is COc1ccc(CC(=O)NC(C)(C)c2ccccn2)cc1OC. The lowest BCUT2D eigenvalue weighted by molar-refractivity contribution is -0.122. The van der Waals surface area contributed by atoms with Crippen LogP contribution in [-0.2, 0) is 16.8 Å². The smallest absolute Gasteiger partial charge is 0.225 e. The fraction of sp³-hybridized carbons (Fsp3) is 0.333. The predicted molar refractivity (Wildman–Crippen MR) is 88.7 cm³/mol. The molecule has 0 aliphatic carbocycles. The van der Waals surface area contributed by atoms with Crippen molar-refractivity contribution < 1.29 is 14.3 Å². The number of amides is 1. The van der Waals surface area contributed by atoms with Crippen molar-refractivity contribution in [2.75, 3.05) is 14.2 Å². The molecule has 1 amide bonds. The van der Waals surface area contributed by atoms with Gasteiger partial charge < -0.3 is 14.8 Å². The van der Waals surface area contributed by atoms with Gasteiger partial charge in [-0.05, 0) is 43.7 Å². The average Bonchev–Trinajstić information content (AvgIpc) is 2.55. The Balaban J connectivity index is 2.08. The summed E-state index contributed by atoms with van der Waals surface area (Å²) >= 11 is 0. The minimum atomic E-state index is -0.533. The third-order valence-electron chi connectivity index (χ3n) is 3.57. The first-order chi connectivity index (χ1) is 11.0. The van der Waals surface area contributed by atoms with E-state index in [1.807, 2.05) is 44.2 Å². The normalized spacial score (nSPS) is 11.0. The van der Waals surface area contributed by atoms with E-state index in [2.05, 4.69) is 10.3 Å². The van der Waals surface area contributed by atoms with Crippen molar-refractivity contribution in [1.82, 2.24) is 10.3 Å². The van der Waals surface area contributed by atoms with Crippen LogP contribution in [-0.4, -0.2) is 25.1 Å². The van der Waals surface area contributed by atoms with Gasteiger partial charge in [-0.3, -0.25) is 9.78 Å². The predicted octanol–water partition coefficient (Wildman–Crippen LogP) is 2.69. The summed E-state index contributed by atoms with van der Waals surface area (Å²) in [5.74, 6) is 1.18. The molecule has 1 heterocycles. The van der Waals surface area contributed by atoms with Gasteiger partial charge in [-0.1, -0.05) is 12.1 Å². The topological polar surface area (TPSA) is 60.5 Å². The maximum Gasteiger partial charge on any atom is 0.225 e. The molecule has 5 heteroatoms. The zero-order valence-corrected chi connectivity index (χ0v) is 13.9. The van der Waals surface area contributed by atoms with E-state index in [1.54, 1.807) is 26.5 Å². The molecule has 2 rings (SSSR count). The quantitative estimate of drug-likeness (QED) is 0.890. The van der Waals surface area contributed by atoms with Gasteiger partial charge in [-0.2, -0.15) is 0 Å². The van der Waals surface area contributed by atoms with Crippen LogP contribution in [0.1, 0.15) is 25.1 Å². The molecule has 0 saturated heterocycles. The van der Waals surface area contributed by atoms with Crippen LogP contribution in [0, 0.1) is 0 Å². The summed E-state index contributed by atoms with van der Waals surface area (Å²) in [6.07, 6.45) is 1.98. The Kier molecular flexibility index (Phi) is 5.21. The number of benzene rings is 1. The second-order valence-corrected chi connectivity index (χ2v) is 5.75. The van der Waals surface area contributed by atoms with E-state index >= 15 is 0 Å². The zero-order chi connectivity index (χ0) is 16.9. The van der Waals surface area contributed by atoms with E-state index in [-0.39, 0.29) is 12.3 Å². The maximum absolute atomic E-state index is 12.3. The molecule has 0 saturated carbocycles. The molecule has 0 unspecified atom stereocenters. The van der Waals surface area contributed by atoms with Crippen molar-refractivity contribution >= 4 is 5.91 Å². The molecule has 0 atom stereocenters. The first kappa shape index (κ1) is 16.8. The van der Waals surface area contributed by atoms with Crippen LogP contribution in [0.3, 0.4) is 0 Å². The van der Waals surface area contributed by atoms with E-state index in [9.17, 15) is 4.79 Å². The fourth-order valence-corrected chi connectivity index (χ4v) is 2.37. The van der Waals surface area contributed by atoms with Gasteiger partial charge in [0.15, 0.2) is 11.5 Å². The molecule has 0 bridgehead atoms. The number of hydrogen-bond acceptors (Lipinski definition) is 4. The number of hydrogen-bond donors (Lipinski definition) is 1. The molecule has 1 aromatic carbocycles. The number of nitrogens with one attached hydrogen (secondary N) is 1. The highest BCUT2D eigenvalue weighted by molar-refractivity contribution is 5.79. The van der Waals surface area contributed by atoms with Gasteiger partial charge >= 0.3 is 0 Å². The Morgan fingerprint density at radius 2 is 1.87 bits per heavy atom. The lowest BCUT2D eigenvalue weighted by atomic mass is 9.99. The fourth-order valence-electron chi connectivity index (χ4n) is 2.37. The van der Waals surface area contributed by atoms with Gasteiger partial charge in [0.05, 0.1) is 31.9 Å². The van der Waals surface area contributed by atoms with E-state index in [1.165, 1.54) is 0 Å². The monoisotopic (exact) mass is 314 g/mol. The van der Waals surface area contributed by atoms with Crippen molar-refractivity contribution in [3.63, 3.8) is 0 Å². The molecule has 0 aliphatic rings. The molecule has 0 spiro atoms. The number of nitrogens with zero attached hydrogens (tertiary/aromatic N) is 1. The van der Waals surface area contributed by atoms with Gasteiger partial charge in [0.25, 0.3) is 0 Å². The lowest BCUT2D eigenvalue weighted by Crippen LogP contribution is -2.42. The van der Waals surface area contributed by atoms with Crippen LogP contribution in [0.2, 0.25) is 0 Å².